The van der Waals surface area contributed by atoms with Gasteiger partial charge in [-0.15, -0.1) is 11.3 Å². The van der Waals surface area contributed by atoms with Crippen LogP contribution in [0, 0.1) is 6.92 Å². The fourth-order valence-corrected chi connectivity index (χ4v) is 2.78. The smallest absolute Gasteiger partial charge is 0.0943 e. The normalized spacial score (nSPS) is 10.6. The van der Waals surface area contributed by atoms with Crippen molar-refractivity contribution >= 4 is 11.3 Å². The largest absolute Gasteiger partial charge is 0.330 e. The molecule has 0 saturated heterocycles. The van der Waals surface area contributed by atoms with Crippen molar-refractivity contribution in [2.75, 3.05) is 6.54 Å². The molecule has 0 aliphatic heterocycles. The number of aromatic nitrogens is 1. The predicted molar refractivity (Wildman–Crippen MR) is 68.9 cm³/mol. The number of hydrogen-bond acceptors (Lipinski definition) is 3. The van der Waals surface area contributed by atoms with E-state index in [1.165, 1.54) is 10.4 Å². The van der Waals surface area contributed by atoms with Gasteiger partial charge in [0.25, 0.3) is 0 Å². The first kappa shape index (κ1) is 11.3. The van der Waals surface area contributed by atoms with Crippen LogP contribution < -0.4 is 5.73 Å². The van der Waals surface area contributed by atoms with Gasteiger partial charge in [0.1, 0.15) is 0 Å². The van der Waals surface area contributed by atoms with E-state index in [9.17, 15) is 0 Å². The number of thiazole rings is 1. The van der Waals surface area contributed by atoms with Crippen LogP contribution in [0.25, 0.3) is 0 Å². The SMILES string of the molecule is Cc1nc(CCN)sc1Cc1ccccc1. The average Bonchev–Trinajstić information content (AvgIpc) is 2.61. The molecule has 3 heteroatoms. The molecule has 0 saturated carbocycles. The maximum Gasteiger partial charge on any atom is 0.0943 e. The van der Waals surface area contributed by atoms with Gasteiger partial charge in [-0.05, 0) is 19.0 Å². The van der Waals surface area contributed by atoms with Gasteiger partial charge in [-0.3, -0.25) is 0 Å². The van der Waals surface area contributed by atoms with E-state index in [0.29, 0.717) is 6.54 Å². The third-order valence-electron chi connectivity index (χ3n) is 2.50. The molecular formula is C13H16N2S. The predicted octanol–water partition coefficient (Wildman–Crippen LogP) is 2.54. The van der Waals surface area contributed by atoms with E-state index in [1.807, 2.05) is 6.07 Å². The van der Waals surface area contributed by atoms with Crippen molar-refractivity contribution in [2.24, 2.45) is 5.73 Å². The van der Waals surface area contributed by atoms with E-state index in [1.54, 1.807) is 11.3 Å². The number of nitrogens with zero attached hydrogens (tertiary/aromatic N) is 1. The van der Waals surface area contributed by atoms with Gasteiger partial charge in [0.2, 0.25) is 0 Å². The molecule has 0 atom stereocenters. The fourth-order valence-electron chi connectivity index (χ4n) is 1.66. The van der Waals surface area contributed by atoms with E-state index in [-0.39, 0.29) is 0 Å². The van der Waals surface area contributed by atoms with Gasteiger partial charge in [-0.25, -0.2) is 4.98 Å². The molecule has 0 unspecified atom stereocenters. The highest BCUT2D eigenvalue weighted by Crippen LogP contribution is 2.21. The lowest BCUT2D eigenvalue weighted by Crippen LogP contribution is -2.01. The lowest BCUT2D eigenvalue weighted by Gasteiger charge is -1.98. The first-order valence-electron chi connectivity index (χ1n) is 5.49. The highest BCUT2D eigenvalue weighted by molar-refractivity contribution is 7.11. The van der Waals surface area contributed by atoms with E-state index in [0.717, 1.165) is 23.5 Å². The summed E-state index contributed by atoms with van der Waals surface area (Å²) < 4.78 is 0. The number of nitrogens with two attached hydrogens (primary N) is 1. The first-order valence-corrected chi connectivity index (χ1v) is 6.30. The van der Waals surface area contributed by atoms with Crippen LogP contribution in [0.4, 0.5) is 0 Å². The molecule has 0 aliphatic rings. The number of rotatable bonds is 4. The molecule has 2 rings (SSSR count). The van der Waals surface area contributed by atoms with Crippen LogP contribution in [0.5, 0.6) is 0 Å². The Morgan fingerprint density at radius 2 is 2.00 bits per heavy atom. The first-order chi connectivity index (χ1) is 7.79. The van der Waals surface area contributed by atoms with Crippen molar-refractivity contribution in [3.05, 3.63) is 51.5 Å². The maximum absolute atomic E-state index is 5.54. The minimum absolute atomic E-state index is 0.678. The summed E-state index contributed by atoms with van der Waals surface area (Å²) in [6.45, 7) is 2.76. The van der Waals surface area contributed by atoms with Gasteiger partial charge in [-0.2, -0.15) is 0 Å². The van der Waals surface area contributed by atoms with Crippen molar-refractivity contribution in [2.45, 2.75) is 19.8 Å². The second-order valence-electron chi connectivity index (χ2n) is 3.82. The molecule has 2 aromatic rings. The summed E-state index contributed by atoms with van der Waals surface area (Å²) in [6, 6.07) is 10.5. The summed E-state index contributed by atoms with van der Waals surface area (Å²) in [5.74, 6) is 0. The van der Waals surface area contributed by atoms with Crippen LogP contribution in [0.3, 0.4) is 0 Å². The Bertz CT molecular complexity index is 448. The lowest BCUT2D eigenvalue weighted by molar-refractivity contribution is 0.943. The average molecular weight is 232 g/mol. The topological polar surface area (TPSA) is 38.9 Å². The van der Waals surface area contributed by atoms with Crippen LogP contribution >= 0.6 is 11.3 Å². The molecular weight excluding hydrogens is 216 g/mol. The summed E-state index contributed by atoms with van der Waals surface area (Å²) in [6.07, 6.45) is 1.87. The molecule has 1 aromatic heterocycles. The Morgan fingerprint density at radius 3 is 2.69 bits per heavy atom. The van der Waals surface area contributed by atoms with Crippen molar-refractivity contribution < 1.29 is 0 Å². The van der Waals surface area contributed by atoms with Gasteiger partial charge in [-0.1, -0.05) is 30.3 Å². The van der Waals surface area contributed by atoms with Crippen LogP contribution in [-0.4, -0.2) is 11.5 Å². The number of hydrogen-bond donors (Lipinski definition) is 1. The molecule has 2 N–H and O–H groups in total. The van der Waals surface area contributed by atoms with Gasteiger partial charge in [0.15, 0.2) is 0 Å². The van der Waals surface area contributed by atoms with Crippen LogP contribution in [-0.2, 0) is 12.8 Å². The maximum atomic E-state index is 5.54. The van der Waals surface area contributed by atoms with Gasteiger partial charge < -0.3 is 5.73 Å². The minimum Gasteiger partial charge on any atom is -0.330 e. The quantitative estimate of drug-likeness (QED) is 0.880. The second-order valence-corrected chi connectivity index (χ2v) is 4.99. The van der Waals surface area contributed by atoms with Gasteiger partial charge >= 0.3 is 0 Å². The fraction of sp³-hybridized carbons (Fsp3) is 0.308. The monoisotopic (exact) mass is 232 g/mol. The Hall–Kier alpha value is -1.19. The second kappa shape index (κ2) is 5.23. The molecule has 84 valence electrons. The zero-order valence-electron chi connectivity index (χ0n) is 9.44. The van der Waals surface area contributed by atoms with Crippen molar-refractivity contribution in [3.63, 3.8) is 0 Å². The van der Waals surface area contributed by atoms with E-state index in [2.05, 4.69) is 36.2 Å². The summed E-state index contributed by atoms with van der Waals surface area (Å²) in [5.41, 5.74) is 8.03. The number of benzene rings is 1. The van der Waals surface area contributed by atoms with Crippen LogP contribution in [0.2, 0.25) is 0 Å². The Balaban J connectivity index is 2.15. The van der Waals surface area contributed by atoms with Crippen LogP contribution in [0.1, 0.15) is 21.1 Å². The van der Waals surface area contributed by atoms with Crippen molar-refractivity contribution in [1.29, 1.82) is 0 Å². The highest BCUT2D eigenvalue weighted by Gasteiger charge is 2.07. The highest BCUT2D eigenvalue weighted by atomic mass is 32.1. The summed E-state index contributed by atoms with van der Waals surface area (Å²) in [4.78, 5) is 5.89. The van der Waals surface area contributed by atoms with E-state index >= 15 is 0 Å². The van der Waals surface area contributed by atoms with E-state index in [4.69, 9.17) is 5.73 Å². The zero-order chi connectivity index (χ0) is 11.4. The summed E-state index contributed by atoms with van der Waals surface area (Å²) in [5, 5.41) is 1.16. The Kier molecular flexibility index (Phi) is 3.70. The van der Waals surface area contributed by atoms with Gasteiger partial charge in [0.05, 0.1) is 10.7 Å². The summed E-state index contributed by atoms with van der Waals surface area (Å²) in [7, 11) is 0. The molecule has 0 bridgehead atoms. The third kappa shape index (κ3) is 2.68. The Labute approximate surface area is 100 Å². The molecule has 0 aliphatic carbocycles. The standard InChI is InChI=1S/C13H16N2S/c1-10-12(16-13(15-10)7-8-14)9-11-5-3-2-4-6-11/h2-6H,7-9,14H2,1H3. The molecule has 1 aromatic carbocycles. The zero-order valence-corrected chi connectivity index (χ0v) is 10.3. The van der Waals surface area contributed by atoms with Crippen molar-refractivity contribution in [3.8, 4) is 0 Å². The molecule has 1 heterocycles. The molecule has 0 fully saturated rings. The van der Waals surface area contributed by atoms with Crippen LogP contribution in [0.15, 0.2) is 30.3 Å². The number of aryl methyl sites for hydroxylation is 1. The molecule has 0 spiro atoms. The molecule has 0 radical (unpaired) electrons. The Morgan fingerprint density at radius 1 is 1.25 bits per heavy atom. The van der Waals surface area contributed by atoms with E-state index < -0.39 is 0 Å². The third-order valence-corrected chi connectivity index (χ3v) is 3.72. The lowest BCUT2D eigenvalue weighted by atomic mass is 10.1. The summed E-state index contributed by atoms with van der Waals surface area (Å²) >= 11 is 1.79. The molecule has 16 heavy (non-hydrogen) atoms. The van der Waals surface area contributed by atoms with Gasteiger partial charge in [0, 0.05) is 17.7 Å². The molecule has 2 nitrogen and oxygen atoms in total. The van der Waals surface area contributed by atoms with Crippen molar-refractivity contribution in [1.82, 2.24) is 4.98 Å². The molecule has 0 amide bonds. The minimum atomic E-state index is 0.678.